The number of carbonyl (C=O) groups is 2. The van der Waals surface area contributed by atoms with E-state index in [9.17, 15) is 9.59 Å². The Hall–Kier alpha value is -1.84. The number of carbonyl (C=O) groups excluding carboxylic acids is 2. The van der Waals surface area contributed by atoms with Gasteiger partial charge in [0.25, 0.3) is 0 Å². The lowest BCUT2D eigenvalue weighted by Crippen LogP contribution is -2.36. The third-order valence-corrected chi connectivity index (χ3v) is 4.16. The van der Waals surface area contributed by atoms with E-state index in [0.717, 1.165) is 50.0 Å². The Balaban J connectivity index is 1.82. The quantitative estimate of drug-likeness (QED) is 0.924. The topological polar surface area (TPSA) is 49.4 Å². The normalized spacial score (nSPS) is 17.3. The van der Waals surface area contributed by atoms with Gasteiger partial charge in [-0.05, 0) is 49.8 Å². The first-order valence-corrected chi connectivity index (χ1v) is 7.93. The molecule has 21 heavy (non-hydrogen) atoms. The summed E-state index contributed by atoms with van der Waals surface area (Å²) in [5.74, 6) is 0.524. The lowest BCUT2D eigenvalue weighted by molar-refractivity contribution is -0.120. The largest absolute Gasteiger partial charge is 0.326 e. The molecule has 3 rings (SSSR count). The number of nitrogens with one attached hydrogen (secondary N) is 1. The zero-order valence-corrected chi connectivity index (χ0v) is 12.5. The van der Waals surface area contributed by atoms with Crippen LogP contribution in [-0.4, -0.2) is 18.4 Å². The summed E-state index contributed by atoms with van der Waals surface area (Å²) in [6, 6.07) is 5.95. The number of hydrogen-bond donors (Lipinski definition) is 1. The van der Waals surface area contributed by atoms with Crippen molar-refractivity contribution in [2.45, 2.75) is 45.4 Å². The fourth-order valence-corrected chi connectivity index (χ4v) is 2.88. The molecule has 1 aromatic rings. The molecular formula is C17H22N2O2. The molecule has 1 aromatic carbocycles. The third kappa shape index (κ3) is 3.09. The molecule has 0 spiro atoms. The van der Waals surface area contributed by atoms with E-state index in [-0.39, 0.29) is 17.7 Å². The van der Waals surface area contributed by atoms with Crippen molar-refractivity contribution in [1.29, 1.82) is 0 Å². The highest BCUT2D eigenvalue weighted by atomic mass is 16.2. The van der Waals surface area contributed by atoms with Crippen molar-refractivity contribution < 1.29 is 9.59 Å². The molecule has 1 heterocycles. The van der Waals surface area contributed by atoms with E-state index in [1.54, 1.807) is 0 Å². The van der Waals surface area contributed by atoms with Crippen LogP contribution >= 0.6 is 0 Å². The van der Waals surface area contributed by atoms with Gasteiger partial charge in [0.2, 0.25) is 11.8 Å². The van der Waals surface area contributed by atoms with Crippen LogP contribution in [0.3, 0.4) is 0 Å². The molecular weight excluding hydrogens is 264 g/mol. The summed E-state index contributed by atoms with van der Waals surface area (Å²) in [6.45, 7) is 2.79. The van der Waals surface area contributed by atoms with Gasteiger partial charge in [0, 0.05) is 30.3 Å². The van der Waals surface area contributed by atoms with Gasteiger partial charge in [-0.1, -0.05) is 13.0 Å². The minimum atomic E-state index is 0.0355. The smallest absolute Gasteiger partial charge is 0.230 e. The van der Waals surface area contributed by atoms with Crippen molar-refractivity contribution in [3.8, 4) is 0 Å². The van der Waals surface area contributed by atoms with E-state index in [1.165, 1.54) is 5.56 Å². The molecule has 1 aliphatic carbocycles. The molecule has 4 nitrogen and oxygen atoms in total. The van der Waals surface area contributed by atoms with Crippen LogP contribution in [0, 0.1) is 5.92 Å². The van der Waals surface area contributed by atoms with E-state index >= 15 is 0 Å². The van der Waals surface area contributed by atoms with Crippen molar-refractivity contribution >= 4 is 23.2 Å². The summed E-state index contributed by atoms with van der Waals surface area (Å²) in [7, 11) is 0. The van der Waals surface area contributed by atoms with Gasteiger partial charge < -0.3 is 10.2 Å². The molecule has 0 atom stereocenters. The van der Waals surface area contributed by atoms with Crippen LogP contribution in [-0.2, 0) is 16.0 Å². The van der Waals surface area contributed by atoms with Gasteiger partial charge in [-0.15, -0.1) is 0 Å². The second-order valence-corrected chi connectivity index (χ2v) is 6.01. The van der Waals surface area contributed by atoms with Crippen LogP contribution in [0.15, 0.2) is 18.2 Å². The van der Waals surface area contributed by atoms with E-state index < -0.39 is 0 Å². The number of nitrogens with zero attached hydrogens (tertiary/aromatic N) is 1. The standard InChI is InChI=1S/C17H22N2O2/c1-2-4-16(20)18-14-9-8-12-5-3-10-19(15(12)11-14)17(21)13-6-7-13/h8-9,11,13H,2-7,10H2,1H3,(H,18,20). The average molecular weight is 286 g/mol. The zero-order chi connectivity index (χ0) is 14.8. The first-order valence-electron chi connectivity index (χ1n) is 7.93. The fraction of sp³-hybridized carbons (Fsp3) is 0.529. The van der Waals surface area contributed by atoms with Gasteiger partial charge in [0.05, 0.1) is 0 Å². The Morgan fingerprint density at radius 2 is 2.14 bits per heavy atom. The molecule has 112 valence electrons. The predicted octanol–water partition coefficient (Wildman–Crippen LogP) is 3.11. The van der Waals surface area contributed by atoms with Crippen molar-refractivity contribution in [2.75, 3.05) is 16.8 Å². The van der Waals surface area contributed by atoms with Gasteiger partial charge in [0.15, 0.2) is 0 Å². The van der Waals surface area contributed by atoms with Crippen LogP contribution in [0.5, 0.6) is 0 Å². The maximum atomic E-state index is 12.4. The highest BCUT2D eigenvalue weighted by molar-refractivity contribution is 5.99. The Kier molecular flexibility index (Phi) is 3.95. The molecule has 0 radical (unpaired) electrons. The molecule has 0 unspecified atom stereocenters. The van der Waals surface area contributed by atoms with Gasteiger partial charge in [-0.2, -0.15) is 0 Å². The van der Waals surface area contributed by atoms with E-state index in [2.05, 4.69) is 5.32 Å². The summed E-state index contributed by atoms with van der Waals surface area (Å²) >= 11 is 0. The maximum absolute atomic E-state index is 12.4. The first-order chi connectivity index (χ1) is 10.2. The molecule has 1 N–H and O–H groups in total. The second-order valence-electron chi connectivity index (χ2n) is 6.01. The molecule has 4 heteroatoms. The number of benzene rings is 1. The lowest BCUT2D eigenvalue weighted by Gasteiger charge is -2.30. The van der Waals surface area contributed by atoms with Crippen LogP contribution < -0.4 is 10.2 Å². The van der Waals surface area contributed by atoms with Gasteiger partial charge >= 0.3 is 0 Å². The number of hydrogen-bond acceptors (Lipinski definition) is 2. The SMILES string of the molecule is CCCC(=O)Nc1ccc2c(c1)N(C(=O)C1CC1)CCC2. The summed E-state index contributed by atoms with van der Waals surface area (Å²) < 4.78 is 0. The minimum absolute atomic E-state index is 0.0355. The van der Waals surface area contributed by atoms with Crippen molar-refractivity contribution in [2.24, 2.45) is 5.92 Å². The molecule has 1 saturated carbocycles. The summed E-state index contributed by atoms with van der Waals surface area (Å²) in [6.07, 6.45) is 5.44. The Morgan fingerprint density at radius 1 is 1.33 bits per heavy atom. The number of rotatable bonds is 4. The molecule has 1 aliphatic heterocycles. The Bertz CT molecular complexity index is 564. The molecule has 2 aliphatic rings. The molecule has 2 amide bonds. The number of aryl methyl sites for hydroxylation is 1. The highest BCUT2D eigenvalue weighted by Gasteiger charge is 2.35. The minimum Gasteiger partial charge on any atom is -0.326 e. The number of amides is 2. The van der Waals surface area contributed by atoms with Gasteiger partial charge in [0.1, 0.15) is 0 Å². The first kappa shape index (κ1) is 14.1. The fourth-order valence-electron chi connectivity index (χ4n) is 2.88. The van der Waals surface area contributed by atoms with Crippen LogP contribution in [0.1, 0.15) is 44.6 Å². The Morgan fingerprint density at radius 3 is 2.86 bits per heavy atom. The van der Waals surface area contributed by atoms with Gasteiger partial charge in [-0.3, -0.25) is 9.59 Å². The predicted molar refractivity (Wildman–Crippen MR) is 83.4 cm³/mol. The van der Waals surface area contributed by atoms with Crippen molar-refractivity contribution in [3.05, 3.63) is 23.8 Å². The molecule has 1 fully saturated rings. The van der Waals surface area contributed by atoms with E-state index in [1.807, 2.05) is 30.0 Å². The van der Waals surface area contributed by atoms with E-state index in [4.69, 9.17) is 0 Å². The highest BCUT2D eigenvalue weighted by Crippen LogP contribution is 2.36. The monoisotopic (exact) mass is 286 g/mol. The number of anilines is 2. The zero-order valence-electron chi connectivity index (χ0n) is 12.5. The number of fused-ring (bicyclic) bond motifs is 1. The maximum Gasteiger partial charge on any atom is 0.230 e. The Labute approximate surface area is 125 Å². The van der Waals surface area contributed by atoms with Crippen molar-refractivity contribution in [3.63, 3.8) is 0 Å². The molecule has 0 saturated heterocycles. The average Bonchev–Trinajstić information content (AvgIpc) is 3.30. The third-order valence-electron chi connectivity index (χ3n) is 4.16. The van der Waals surface area contributed by atoms with Gasteiger partial charge in [-0.25, -0.2) is 0 Å². The lowest BCUT2D eigenvalue weighted by atomic mass is 10.0. The van der Waals surface area contributed by atoms with Crippen LogP contribution in [0.25, 0.3) is 0 Å². The van der Waals surface area contributed by atoms with Crippen LogP contribution in [0.2, 0.25) is 0 Å². The summed E-state index contributed by atoms with van der Waals surface area (Å²) in [5, 5.41) is 2.92. The van der Waals surface area contributed by atoms with Crippen LogP contribution in [0.4, 0.5) is 11.4 Å². The van der Waals surface area contributed by atoms with Crippen molar-refractivity contribution in [1.82, 2.24) is 0 Å². The summed E-state index contributed by atoms with van der Waals surface area (Å²) in [4.78, 5) is 26.0. The van der Waals surface area contributed by atoms with E-state index in [0.29, 0.717) is 6.42 Å². The molecule has 0 aromatic heterocycles. The summed E-state index contributed by atoms with van der Waals surface area (Å²) in [5.41, 5.74) is 3.00. The molecule has 0 bridgehead atoms. The second kappa shape index (κ2) is 5.88.